The van der Waals surface area contributed by atoms with E-state index in [9.17, 15) is 0 Å². The van der Waals surface area contributed by atoms with Crippen molar-refractivity contribution in [3.8, 4) is 5.75 Å². The first kappa shape index (κ1) is 16.6. The molecule has 26 heavy (non-hydrogen) atoms. The molecule has 1 saturated carbocycles. The zero-order valence-corrected chi connectivity index (χ0v) is 15.0. The maximum absolute atomic E-state index is 5.29. The zero-order chi connectivity index (χ0) is 17.8. The average Bonchev–Trinajstić information content (AvgIpc) is 2.69. The molecule has 1 fully saturated rings. The number of hydrogen-bond donors (Lipinski definition) is 2. The van der Waals surface area contributed by atoms with Crippen LogP contribution in [0, 0.1) is 0 Å². The molecular formula is C21H24N4O. The molecule has 0 saturated heterocycles. The number of para-hydroxylation sites is 1. The van der Waals surface area contributed by atoms with Gasteiger partial charge in [0.1, 0.15) is 11.6 Å². The summed E-state index contributed by atoms with van der Waals surface area (Å²) >= 11 is 0. The average molecular weight is 348 g/mol. The monoisotopic (exact) mass is 348 g/mol. The van der Waals surface area contributed by atoms with E-state index in [4.69, 9.17) is 9.72 Å². The molecule has 3 aromatic rings. The lowest BCUT2D eigenvalue weighted by Crippen LogP contribution is -2.23. The summed E-state index contributed by atoms with van der Waals surface area (Å²) in [6, 6.07) is 16.4. The Morgan fingerprint density at radius 2 is 1.81 bits per heavy atom. The third-order valence-corrected chi connectivity index (χ3v) is 4.88. The maximum atomic E-state index is 5.29. The molecule has 0 spiro atoms. The lowest BCUT2D eigenvalue weighted by atomic mass is 9.95. The van der Waals surface area contributed by atoms with Crippen molar-refractivity contribution in [1.82, 2.24) is 9.97 Å². The van der Waals surface area contributed by atoms with E-state index in [1.807, 2.05) is 42.5 Å². The summed E-state index contributed by atoms with van der Waals surface area (Å²) in [6.07, 6.45) is 6.32. The molecule has 1 aromatic heterocycles. The fraction of sp³-hybridized carbons (Fsp3) is 0.333. The van der Waals surface area contributed by atoms with Crippen molar-refractivity contribution in [2.75, 3.05) is 17.7 Å². The quantitative estimate of drug-likeness (QED) is 0.669. The van der Waals surface area contributed by atoms with Crippen LogP contribution < -0.4 is 15.4 Å². The summed E-state index contributed by atoms with van der Waals surface area (Å²) in [4.78, 5) is 9.45. The number of methoxy groups -OCH3 is 1. The molecule has 0 bridgehead atoms. The minimum Gasteiger partial charge on any atom is -0.497 e. The van der Waals surface area contributed by atoms with E-state index in [0.717, 1.165) is 28.2 Å². The first-order valence-corrected chi connectivity index (χ1v) is 9.26. The second kappa shape index (κ2) is 7.60. The summed E-state index contributed by atoms with van der Waals surface area (Å²) in [6.45, 7) is 0. The Labute approximate surface area is 153 Å². The summed E-state index contributed by atoms with van der Waals surface area (Å²) in [7, 11) is 1.66. The molecule has 2 N–H and O–H groups in total. The Hall–Kier alpha value is -2.82. The van der Waals surface area contributed by atoms with Crippen LogP contribution in [0.25, 0.3) is 10.9 Å². The van der Waals surface area contributed by atoms with Gasteiger partial charge >= 0.3 is 0 Å². The van der Waals surface area contributed by atoms with Crippen molar-refractivity contribution in [3.05, 3.63) is 48.5 Å². The normalized spacial score (nSPS) is 15.0. The van der Waals surface area contributed by atoms with Crippen LogP contribution in [-0.2, 0) is 0 Å². The first-order valence-electron chi connectivity index (χ1n) is 9.26. The van der Waals surface area contributed by atoms with Crippen molar-refractivity contribution in [3.63, 3.8) is 0 Å². The second-order valence-corrected chi connectivity index (χ2v) is 6.75. The third kappa shape index (κ3) is 3.72. The highest BCUT2D eigenvalue weighted by Gasteiger charge is 2.16. The number of aromatic nitrogens is 2. The van der Waals surface area contributed by atoms with Gasteiger partial charge in [0.25, 0.3) is 0 Å². The Balaban J connectivity index is 1.66. The van der Waals surface area contributed by atoms with Gasteiger partial charge in [-0.2, -0.15) is 4.98 Å². The SMILES string of the molecule is COc1cccc(Nc2nc(NC3CCCCC3)c3ccccc3n2)c1. The van der Waals surface area contributed by atoms with Gasteiger partial charge in [-0.25, -0.2) is 4.98 Å². The van der Waals surface area contributed by atoms with Gasteiger partial charge in [-0.15, -0.1) is 0 Å². The van der Waals surface area contributed by atoms with E-state index in [-0.39, 0.29) is 0 Å². The van der Waals surface area contributed by atoms with Crippen molar-refractivity contribution >= 4 is 28.4 Å². The topological polar surface area (TPSA) is 59.1 Å². The predicted octanol–water partition coefficient (Wildman–Crippen LogP) is 5.13. The van der Waals surface area contributed by atoms with Gasteiger partial charge in [0, 0.05) is 23.2 Å². The van der Waals surface area contributed by atoms with E-state index >= 15 is 0 Å². The fourth-order valence-electron chi connectivity index (χ4n) is 3.51. The summed E-state index contributed by atoms with van der Waals surface area (Å²) in [5, 5.41) is 8.03. The molecule has 5 heteroatoms. The highest BCUT2D eigenvalue weighted by Crippen LogP contribution is 2.28. The van der Waals surface area contributed by atoms with E-state index < -0.39 is 0 Å². The van der Waals surface area contributed by atoms with Crippen LogP contribution in [0.1, 0.15) is 32.1 Å². The molecule has 0 radical (unpaired) electrons. The molecule has 0 aliphatic heterocycles. The molecule has 0 atom stereocenters. The Morgan fingerprint density at radius 1 is 0.962 bits per heavy atom. The van der Waals surface area contributed by atoms with Crippen molar-refractivity contribution in [2.24, 2.45) is 0 Å². The maximum Gasteiger partial charge on any atom is 0.229 e. The van der Waals surface area contributed by atoms with Crippen molar-refractivity contribution < 1.29 is 4.74 Å². The smallest absolute Gasteiger partial charge is 0.229 e. The van der Waals surface area contributed by atoms with Crippen LogP contribution in [-0.4, -0.2) is 23.1 Å². The Morgan fingerprint density at radius 3 is 2.65 bits per heavy atom. The van der Waals surface area contributed by atoms with Crippen LogP contribution >= 0.6 is 0 Å². The highest BCUT2D eigenvalue weighted by atomic mass is 16.5. The lowest BCUT2D eigenvalue weighted by Gasteiger charge is -2.24. The van der Waals surface area contributed by atoms with E-state index in [1.54, 1.807) is 7.11 Å². The fourth-order valence-corrected chi connectivity index (χ4v) is 3.51. The number of rotatable bonds is 5. The molecule has 4 rings (SSSR count). The molecule has 2 aromatic carbocycles. The van der Waals surface area contributed by atoms with E-state index in [1.165, 1.54) is 32.1 Å². The van der Waals surface area contributed by atoms with Gasteiger partial charge in [-0.1, -0.05) is 37.5 Å². The van der Waals surface area contributed by atoms with Gasteiger partial charge in [0.05, 0.1) is 12.6 Å². The predicted molar refractivity (Wildman–Crippen MR) is 106 cm³/mol. The Kier molecular flexibility index (Phi) is 4.86. The molecule has 134 valence electrons. The highest BCUT2D eigenvalue weighted by molar-refractivity contribution is 5.90. The molecular weight excluding hydrogens is 324 g/mol. The summed E-state index contributed by atoms with van der Waals surface area (Å²) < 4.78 is 5.29. The summed E-state index contributed by atoms with van der Waals surface area (Å²) in [5.41, 5.74) is 1.84. The summed E-state index contributed by atoms with van der Waals surface area (Å²) in [5.74, 6) is 2.31. The number of anilines is 3. The molecule has 1 heterocycles. The number of nitrogens with zero attached hydrogens (tertiary/aromatic N) is 2. The van der Waals surface area contributed by atoms with Crippen LogP contribution in [0.15, 0.2) is 48.5 Å². The van der Waals surface area contributed by atoms with E-state index in [0.29, 0.717) is 12.0 Å². The van der Waals surface area contributed by atoms with Gasteiger partial charge in [-0.05, 0) is 37.1 Å². The minimum absolute atomic E-state index is 0.492. The second-order valence-electron chi connectivity index (χ2n) is 6.75. The molecule has 1 aliphatic rings. The zero-order valence-electron chi connectivity index (χ0n) is 15.0. The molecule has 5 nitrogen and oxygen atoms in total. The molecule has 0 unspecified atom stereocenters. The van der Waals surface area contributed by atoms with Crippen molar-refractivity contribution in [1.29, 1.82) is 0 Å². The first-order chi connectivity index (χ1) is 12.8. The minimum atomic E-state index is 0.492. The lowest BCUT2D eigenvalue weighted by molar-refractivity contribution is 0.415. The third-order valence-electron chi connectivity index (χ3n) is 4.88. The van der Waals surface area contributed by atoms with Crippen LogP contribution in [0.3, 0.4) is 0 Å². The van der Waals surface area contributed by atoms with Gasteiger partial charge in [0.15, 0.2) is 0 Å². The molecule has 1 aliphatic carbocycles. The number of hydrogen-bond acceptors (Lipinski definition) is 5. The number of benzene rings is 2. The van der Waals surface area contributed by atoms with Crippen LogP contribution in [0.4, 0.5) is 17.5 Å². The Bertz CT molecular complexity index is 890. The number of nitrogens with one attached hydrogen (secondary N) is 2. The number of fused-ring (bicyclic) bond motifs is 1. The van der Waals surface area contributed by atoms with Crippen LogP contribution in [0.2, 0.25) is 0 Å². The number of ether oxygens (including phenoxy) is 1. The van der Waals surface area contributed by atoms with Gasteiger partial charge < -0.3 is 15.4 Å². The largest absolute Gasteiger partial charge is 0.497 e. The van der Waals surface area contributed by atoms with E-state index in [2.05, 4.69) is 21.7 Å². The van der Waals surface area contributed by atoms with Crippen LogP contribution in [0.5, 0.6) is 5.75 Å². The van der Waals surface area contributed by atoms with Gasteiger partial charge in [-0.3, -0.25) is 0 Å². The van der Waals surface area contributed by atoms with Gasteiger partial charge in [0.2, 0.25) is 5.95 Å². The standard InChI is InChI=1S/C21H24N4O/c1-26-17-11-7-10-16(14-17)23-21-24-19-13-6-5-12-18(19)20(25-21)22-15-8-3-2-4-9-15/h5-7,10-15H,2-4,8-9H2,1H3,(H2,22,23,24,25). The molecule has 0 amide bonds. The van der Waals surface area contributed by atoms with Crippen molar-refractivity contribution in [2.45, 2.75) is 38.1 Å².